The van der Waals surface area contributed by atoms with Gasteiger partial charge in [-0.05, 0) is 5.56 Å². The first-order valence-corrected chi connectivity index (χ1v) is 6.39. The summed E-state index contributed by atoms with van der Waals surface area (Å²) in [7, 11) is 1.44. The maximum atomic E-state index is 10.7. The minimum absolute atomic E-state index is 0.0622. The largest absolute Gasteiger partial charge is 0.484 e. The highest BCUT2D eigenvalue weighted by atomic mass is 35.5. The van der Waals surface area contributed by atoms with Crippen LogP contribution in [-0.4, -0.2) is 34.2 Å². The molecule has 0 aliphatic rings. The lowest BCUT2D eigenvalue weighted by atomic mass is 10.1. The number of ether oxygens (including phenoxy) is 1. The number of halogens is 1. The number of carboxylic acids is 1. The number of aliphatic hydroxyl groups excluding tert-OH is 1. The number of aliphatic hydroxyl groups is 1. The number of hydrogen-bond donors (Lipinski definition) is 2. The Labute approximate surface area is 122 Å². The second-order valence-electron chi connectivity index (χ2n) is 4.27. The molecule has 6 nitrogen and oxygen atoms in total. The fourth-order valence-corrected chi connectivity index (χ4v) is 1.99. The van der Waals surface area contributed by atoms with Crippen molar-refractivity contribution < 1.29 is 19.7 Å². The Bertz CT molecular complexity index is 505. The zero-order valence-corrected chi connectivity index (χ0v) is 12.1. The molecule has 20 heavy (non-hydrogen) atoms. The number of aromatic nitrogens is 1. The fraction of sp³-hybridized carbons (Fsp3) is 0.462. The van der Waals surface area contributed by atoms with E-state index in [4.69, 9.17) is 21.4 Å². The number of aliphatic imine (C=N–C) groups is 1. The quantitative estimate of drug-likeness (QED) is 0.618. The summed E-state index contributed by atoms with van der Waals surface area (Å²) in [5.41, 5.74) is 1.24. The van der Waals surface area contributed by atoms with Crippen molar-refractivity contribution in [3.8, 4) is 0 Å². The van der Waals surface area contributed by atoms with Crippen LogP contribution in [0.3, 0.4) is 0 Å². The van der Waals surface area contributed by atoms with Crippen molar-refractivity contribution in [1.29, 1.82) is 0 Å². The van der Waals surface area contributed by atoms with Crippen LogP contribution < -0.4 is 0 Å². The normalized spacial score (nSPS) is 13.1. The Kier molecular flexibility index (Phi) is 6.41. The van der Waals surface area contributed by atoms with Crippen LogP contribution in [-0.2, 0) is 22.7 Å². The van der Waals surface area contributed by atoms with Gasteiger partial charge >= 0.3 is 5.97 Å². The first kappa shape index (κ1) is 16.4. The lowest BCUT2D eigenvalue weighted by Gasteiger charge is -2.12. The van der Waals surface area contributed by atoms with Gasteiger partial charge in [-0.2, -0.15) is 0 Å². The molecule has 0 aromatic carbocycles. The standard InChI is InChI=1S/C13H17ClN2O4/c1-8(3-12(18)19)13(20-2)16-5-9-4-15-6-11(14)10(9)7-17/h4,6,8,17H,3,5,7H2,1-2H3,(H,18,19). The van der Waals surface area contributed by atoms with Gasteiger partial charge in [-0.3, -0.25) is 14.8 Å². The molecule has 1 atom stereocenters. The third-order valence-electron chi connectivity index (χ3n) is 2.77. The highest BCUT2D eigenvalue weighted by molar-refractivity contribution is 6.31. The van der Waals surface area contributed by atoms with Crippen molar-refractivity contribution >= 4 is 23.5 Å². The number of carboxylic acid groups (broad SMARTS) is 1. The van der Waals surface area contributed by atoms with Gasteiger partial charge in [-0.25, -0.2) is 0 Å². The molecule has 2 N–H and O–H groups in total. The van der Waals surface area contributed by atoms with Crippen molar-refractivity contribution in [3.63, 3.8) is 0 Å². The van der Waals surface area contributed by atoms with E-state index in [0.29, 0.717) is 22.0 Å². The smallest absolute Gasteiger partial charge is 0.304 e. The summed E-state index contributed by atoms with van der Waals surface area (Å²) in [4.78, 5) is 18.9. The van der Waals surface area contributed by atoms with E-state index in [1.165, 1.54) is 13.3 Å². The minimum Gasteiger partial charge on any atom is -0.484 e. The lowest BCUT2D eigenvalue weighted by Crippen LogP contribution is -2.17. The molecule has 0 spiro atoms. The summed E-state index contributed by atoms with van der Waals surface area (Å²) < 4.78 is 5.11. The van der Waals surface area contributed by atoms with Crippen molar-refractivity contribution in [2.24, 2.45) is 10.9 Å². The summed E-state index contributed by atoms with van der Waals surface area (Å²) in [6.07, 6.45) is 2.95. The predicted octanol–water partition coefficient (Wildman–Crippen LogP) is 1.88. The molecule has 1 heterocycles. The molecule has 0 bridgehead atoms. The highest BCUT2D eigenvalue weighted by Gasteiger charge is 2.15. The van der Waals surface area contributed by atoms with Gasteiger partial charge in [0.25, 0.3) is 0 Å². The van der Waals surface area contributed by atoms with E-state index in [0.717, 1.165) is 0 Å². The number of rotatable bonds is 6. The second-order valence-corrected chi connectivity index (χ2v) is 4.68. The maximum absolute atomic E-state index is 10.7. The third-order valence-corrected chi connectivity index (χ3v) is 3.09. The van der Waals surface area contributed by atoms with E-state index in [1.54, 1.807) is 13.1 Å². The zero-order chi connectivity index (χ0) is 15.1. The first-order valence-electron chi connectivity index (χ1n) is 6.01. The van der Waals surface area contributed by atoms with Crippen LogP contribution in [0.5, 0.6) is 0 Å². The van der Waals surface area contributed by atoms with E-state index in [-0.39, 0.29) is 25.5 Å². The van der Waals surface area contributed by atoms with Crippen molar-refractivity contribution in [2.45, 2.75) is 26.5 Å². The van der Waals surface area contributed by atoms with E-state index in [2.05, 4.69) is 9.98 Å². The van der Waals surface area contributed by atoms with E-state index in [1.807, 2.05) is 0 Å². The number of hydrogen-bond acceptors (Lipinski definition) is 5. The summed E-state index contributed by atoms with van der Waals surface area (Å²) in [6.45, 7) is 1.73. The molecular weight excluding hydrogens is 284 g/mol. The van der Waals surface area contributed by atoms with Gasteiger partial charge < -0.3 is 14.9 Å². The molecule has 0 fully saturated rings. The lowest BCUT2D eigenvalue weighted by molar-refractivity contribution is -0.137. The number of methoxy groups -OCH3 is 1. The van der Waals surface area contributed by atoms with Crippen molar-refractivity contribution in [2.75, 3.05) is 7.11 Å². The third kappa shape index (κ3) is 4.47. The summed E-state index contributed by atoms with van der Waals surface area (Å²) in [5.74, 6) is -0.902. The van der Waals surface area contributed by atoms with Crippen LogP contribution in [0.2, 0.25) is 5.02 Å². The topological polar surface area (TPSA) is 92.0 Å². The van der Waals surface area contributed by atoms with Crippen molar-refractivity contribution in [1.82, 2.24) is 4.98 Å². The van der Waals surface area contributed by atoms with E-state index < -0.39 is 5.97 Å². The molecule has 1 rings (SSSR count). The maximum Gasteiger partial charge on any atom is 0.304 e. The Morgan fingerprint density at radius 3 is 2.80 bits per heavy atom. The molecule has 1 aromatic heterocycles. The molecule has 110 valence electrons. The zero-order valence-electron chi connectivity index (χ0n) is 11.3. The van der Waals surface area contributed by atoms with Gasteiger partial charge in [-0.1, -0.05) is 18.5 Å². The summed E-state index contributed by atoms with van der Waals surface area (Å²) >= 11 is 5.93. The van der Waals surface area contributed by atoms with Crippen LogP contribution in [0, 0.1) is 5.92 Å². The minimum atomic E-state index is -0.914. The summed E-state index contributed by atoms with van der Waals surface area (Å²) in [5, 5.41) is 18.4. The Hall–Kier alpha value is -1.66. The van der Waals surface area contributed by atoms with Crippen LogP contribution in [0.1, 0.15) is 24.5 Å². The van der Waals surface area contributed by atoms with E-state index in [9.17, 15) is 9.90 Å². The average Bonchev–Trinajstić information content (AvgIpc) is 2.38. The predicted molar refractivity (Wildman–Crippen MR) is 74.7 cm³/mol. The molecule has 0 amide bonds. The van der Waals surface area contributed by atoms with Gasteiger partial charge in [0, 0.05) is 23.9 Å². The van der Waals surface area contributed by atoms with Gasteiger partial charge in [0.05, 0.1) is 31.7 Å². The molecular formula is C13H17ClN2O4. The molecule has 0 saturated carbocycles. The second kappa shape index (κ2) is 7.81. The highest BCUT2D eigenvalue weighted by Crippen LogP contribution is 2.19. The van der Waals surface area contributed by atoms with Crippen LogP contribution in [0.15, 0.2) is 17.4 Å². The number of carbonyl (C=O) groups is 1. The number of aliphatic carboxylic acids is 1. The Morgan fingerprint density at radius 2 is 2.25 bits per heavy atom. The number of nitrogens with zero attached hydrogens (tertiary/aromatic N) is 2. The molecule has 0 aliphatic carbocycles. The van der Waals surface area contributed by atoms with Gasteiger partial charge in [0.15, 0.2) is 5.90 Å². The monoisotopic (exact) mass is 300 g/mol. The van der Waals surface area contributed by atoms with E-state index >= 15 is 0 Å². The van der Waals surface area contributed by atoms with Gasteiger partial charge in [-0.15, -0.1) is 0 Å². The average molecular weight is 301 g/mol. The molecule has 1 aromatic rings. The first-order chi connectivity index (χ1) is 9.49. The SMILES string of the molecule is COC(=NCc1cncc(Cl)c1CO)C(C)CC(=O)O. The Balaban J connectivity index is 2.89. The van der Waals surface area contributed by atoms with Gasteiger partial charge in [0.1, 0.15) is 0 Å². The van der Waals surface area contributed by atoms with Gasteiger partial charge in [0.2, 0.25) is 0 Å². The Morgan fingerprint density at radius 1 is 1.55 bits per heavy atom. The van der Waals surface area contributed by atoms with Crippen molar-refractivity contribution in [3.05, 3.63) is 28.5 Å². The van der Waals surface area contributed by atoms with Crippen LogP contribution in [0.25, 0.3) is 0 Å². The molecule has 0 aliphatic heterocycles. The molecule has 0 radical (unpaired) electrons. The molecule has 1 unspecified atom stereocenters. The molecule has 0 saturated heterocycles. The van der Waals surface area contributed by atoms with Crippen LogP contribution >= 0.6 is 11.6 Å². The molecule has 7 heteroatoms. The van der Waals surface area contributed by atoms with Crippen LogP contribution in [0.4, 0.5) is 0 Å². The fourth-order valence-electron chi connectivity index (χ4n) is 1.75. The summed E-state index contributed by atoms with van der Waals surface area (Å²) in [6, 6.07) is 0. The number of pyridine rings is 1.